The highest BCUT2D eigenvalue weighted by atomic mass is 19.1. The summed E-state index contributed by atoms with van der Waals surface area (Å²) in [5.41, 5.74) is -0.707. The van der Waals surface area contributed by atoms with Crippen LogP contribution >= 0.6 is 0 Å². The zero-order valence-corrected chi connectivity index (χ0v) is 6.32. The van der Waals surface area contributed by atoms with E-state index < -0.39 is 18.8 Å². The van der Waals surface area contributed by atoms with E-state index in [4.69, 9.17) is 5.26 Å². The fraction of sp³-hybridized carbons (Fsp3) is 0.875. The van der Waals surface area contributed by atoms with Gasteiger partial charge >= 0.3 is 0 Å². The molecule has 0 aliphatic heterocycles. The minimum atomic E-state index is -0.707. The molecule has 1 saturated carbocycles. The van der Waals surface area contributed by atoms with Crippen molar-refractivity contribution in [3.8, 4) is 6.07 Å². The van der Waals surface area contributed by atoms with Crippen molar-refractivity contribution in [3.63, 3.8) is 0 Å². The van der Waals surface area contributed by atoms with Crippen LogP contribution in [-0.2, 0) is 0 Å². The molecule has 0 aromatic heterocycles. The Kier molecular flexibility index (Phi) is 2.43. The number of hydrogen-bond donors (Lipinski definition) is 0. The first kappa shape index (κ1) is 8.45. The third-order valence-electron chi connectivity index (χ3n) is 2.39. The molecule has 1 fully saturated rings. The molecule has 1 aliphatic carbocycles. The lowest BCUT2D eigenvalue weighted by Gasteiger charge is -2.43. The number of halogens is 2. The first-order chi connectivity index (χ1) is 5.26. The van der Waals surface area contributed by atoms with Gasteiger partial charge in [0, 0.05) is 11.8 Å². The number of nitriles is 1. The van der Waals surface area contributed by atoms with E-state index in [-0.39, 0.29) is 5.92 Å². The van der Waals surface area contributed by atoms with Gasteiger partial charge in [-0.2, -0.15) is 5.26 Å². The summed E-state index contributed by atoms with van der Waals surface area (Å²) in [6.07, 6.45) is 1.54. The van der Waals surface area contributed by atoms with E-state index in [1.54, 1.807) is 0 Å². The molecule has 1 nitrogen and oxygen atoms in total. The third-order valence-corrected chi connectivity index (χ3v) is 2.39. The van der Waals surface area contributed by atoms with Gasteiger partial charge in [0.15, 0.2) is 0 Å². The summed E-state index contributed by atoms with van der Waals surface area (Å²) in [5.74, 6) is 0.242. The molecule has 0 spiro atoms. The average Bonchev–Trinajstić information content (AvgIpc) is 1.96. The summed E-state index contributed by atoms with van der Waals surface area (Å²) in [6.45, 7) is -1.16. The number of alkyl halides is 2. The predicted octanol–water partition coefficient (Wildman–Crippen LogP) is 2.24. The molecule has 0 heterocycles. The lowest BCUT2D eigenvalue weighted by atomic mass is 9.62. The first-order valence-electron chi connectivity index (χ1n) is 3.75. The number of rotatable bonds is 3. The quantitative estimate of drug-likeness (QED) is 0.619. The molecule has 0 amide bonds. The molecule has 0 unspecified atom stereocenters. The largest absolute Gasteiger partial charge is 0.250 e. The molecular weight excluding hydrogens is 148 g/mol. The van der Waals surface area contributed by atoms with Crippen LogP contribution < -0.4 is 0 Å². The Morgan fingerprint density at radius 1 is 1.36 bits per heavy atom. The molecule has 0 aromatic carbocycles. The van der Waals surface area contributed by atoms with Gasteiger partial charge in [0.2, 0.25) is 0 Å². The molecule has 62 valence electrons. The lowest BCUT2D eigenvalue weighted by Crippen LogP contribution is -2.40. The summed E-state index contributed by atoms with van der Waals surface area (Å²) < 4.78 is 24.4. The van der Waals surface area contributed by atoms with Crippen LogP contribution in [0.1, 0.15) is 19.3 Å². The molecule has 11 heavy (non-hydrogen) atoms. The number of nitrogens with zero attached hydrogens (tertiary/aromatic N) is 1. The zero-order valence-electron chi connectivity index (χ0n) is 6.32. The van der Waals surface area contributed by atoms with Crippen molar-refractivity contribution >= 4 is 0 Å². The second-order valence-corrected chi connectivity index (χ2v) is 3.40. The Morgan fingerprint density at radius 3 is 2.27 bits per heavy atom. The Hall–Kier alpha value is -0.650. The zero-order chi connectivity index (χ0) is 8.32. The van der Waals surface area contributed by atoms with Crippen LogP contribution in [0.25, 0.3) is 0 Å². The standard InChI is InChI=1S/C8H11F2N/c9-5-8(6-10)3-7(4-8)1-2-11/h7H,1,3-6H2. The summed E-state index contributed by atoms with van der Waals surface area (Å²) in [7, 11) is 0. The molecule has 0 N–H and O–H groups in total. The van der Waals surface area contributed by atoms with Gasteiger partial charge in [-0.15, -0.1) is 0 Å². The molecule has 0 bridgehead atoms. The van der Waals surface area contributed by atoms with Crippen LogP contribution in [-0.4, -0.2) is 13.3 Å². The molecule has 0 saturated heterocycles. The fourth-order valence-electron chi connectivity index (χ4n) is 1.69. The first-order valence-corrected chi connectivity index (χ1v) is 3.75. The van der Waals surface area contributed by atoms with E-state index in [0.717, 1.165) is 0 Å². The smallest absolute Gasteiger partial charge is 0.0975 e. The highest BCUT2D eigenvalue weighted by Gasteiger charge is 2.44. The van der Waals surface area contributed by atoms with Crippen LogP contribution in [0.4, 0.5) is 8.78 Å². The second kappa shape index (κ2) is 3.17. The Morgan fingerprint density at radius 2 is 1.91 bits per heavy atom. The molecular formula is C8H11F2N. The average molecular weight is 159 g/mol. The minimum absolute atomic E-state index is 0.242. The second-order valence-electron chi connectivity index (χ2n) is 3.40. The van der Waals surface area contributed by atoms with Gasteiger partial charge in [0.25, 0.3) is 0 Å². The highest BCUT2D eigenvalue weighted by Crippen LogP contribution is 2.47. The van der Waals surface area contributed by atoms with Crippen molar-refractivity contribution in [1.82, 2.24) is 0 Å². The van der Waals surface area contributed by atoms with Gasteiger partial charge in [-0.25, -0.2) is 0 Å². The van der Waals surface area contributed by atoms with Crippen LogP contribution in [0.2, 0.25) is 0 Å². The number of hydrogen-bond acceptors (Lipinski definition) is 1. The van der Waals surface area contributed by atoms with Gasteiger partial charge in [0.1, 0.15) is 0 Å². The van der Waals surface area contributed by atoms with Gasteiger partial charge in [-0.05, 0) is 18.8 Å². The van der Waals surface area contributed by atoms with Gasteiger partial charge in [-0.1, -0.05) is 0 Å². The van der Waals surface area contributed by atoms with E-state index >= 15 is 0 Å². The maximum Gasteiger partial charge on any atom is 0.0975 e. The van der Waals surface area contributed by atoms with E-state index in [9.17, 15) is 8.78 Å². The summed E-state index contributed by atoms with van der Waals surface area (Å²) in [4.78, 5) is 0. The Bertz CT molecular complexity index is 161. The predicted molar refractivity (Wildman–Crippen MR) is 37.3 cm³/mol. The van der Waals surface area contributed by atoms with Crippen molar-refractivity contribution in [2.24, 2.45) is 11.3 Å². The van der Waals surface area contributed by atoms with E-state index in [1.165, 1.54) is 0 Å². The van der Waals surface area contributed by atoms with Crippen LogP contribution in [0.5, 0.6) is 0 Å². The van der Waals surface area contributed by atoms with Crippen molar-refractivity contribution in [2.45, 2.75) is 19.3 Å². The van der Waals surface area contributed by atoms with E-state index in [2.05, 4.69) is 0 Å². The summed E-state index contributed by atoms with van der Waals surface area (Å²) in [5, 5.41) is 8.28. The molecule has 3 heteroatoms. The molecule has 1 rings (SSSR count). The highest BCUT2D eigenvalue weighted by molar-refractivity contribution is 4.96. The van der Waals surface area contributed by atoms with Crippen molar-refractivity contribution in [2.75, 3.05) is 13.3 Å². The van der Waals surface area contributed by atoms with Crippen LogP contribution in [0.15, 0.2) is 0 Å². The van der Waals surface area contributed by atoms with Crippen molar-refractivity contribution in [3.05, 3.63) is 0 Å². The van der Waals surface area contributed by atoms with Crippen molar-refractivity contribution < 1.29 is 8.78 Å². The maximum atomic E-state index is 12.2. The summed E-state index contributed by atoms with van der Waals surface area (Å²) >= 11 is 0. The molecule has 0 atom stereocenters. The lowest BCUT2D eigenvalue weighted by molar-refractivity contribution is 0.00553. The van der Waals surface area contributed by atoms with E-state index in [1.807, 2.05) is 6.07 Å². The third kappa shape index (κ3) is 1.50. The van der Waals surface area contributed by atoms with Gasteiger partial charge < -0.3 is 0 Å². The monoisotopic (exact) mass is 159 g/mol. The van der Waals surface area contributed by atoms with Crippen LogP contribution in [0.3, 0.4) is 0 Å². The Labute approximate surface area is 65.0 Å². The SMILES string of the molecule is N#CCC1CC(CF)(CF)C1. The Balaban J connectivity index is 2.31. The summed E-state index contributed by atoms with van der Waals surface area (Å²) in [6, 6.07) is 2.01. The van der Waals surface area contributed by atoms with Gasteiger partial charge in [-0.3, -0.25) is 8.78 Å². The van der Waals surface area contributed by atoms with Gasteiger partial charge in [0.05, 0.1) is 19.4 Å². The molecule has 0 radical (unpaired) electrons. The minimum Gasteiger partial charge on any atom is -0.250 e. The molecule has 1 aliphatic rings. The fourth-order valence-corrected chi connectivity index (χ4v) is 1.69. The molecule has 0 aromatic rings. The maximum absolute atomic E-state index is 12.2. The normalized spacial score (nSPS) is 22.3. The topological polar surface area (TPSA) is 23.8 Å². The van der Waals surface area contributed by atoms with E-state index in [0.29, 0.717) is 19.3 Å². The van der Waals surface area contributed by atoms with Crippen LogP contribution in [0, 0.1) is 22.7 Å². The van der Waals surface area contributed by atoms with Crippen molar-refractivity contribution in [1.29, 1.82) is 5.26 Å².